The van der Waals surface area contributed by atoms with Crippen LogP contribution in [0.2, 0.25) is 5.02 Å². The van der Waals surface area contributed by atoms with Crippen LogP contribution in [0.5, 0.6) is 17.2 Å². The van der Waals surface area contributed by atoms with Gasteiger partial charge in [0.2, 0.25) is 0 Å². The highest BCUT2D eigenvalue weighted by Crippen LogP contribution is 2.46. The van der Waals surface area contributed by atoms with E-state index >= 15 is 0 Å². The number of aromatic nitrogens is 1. The third-order valence-electron chi connectivity index (χ3n) is 7.42. The topological polar surface area (TPSA) is 62.2 Å². The molecule has 0 saturated carbocycles. The van der Waals surface area contributed by atoms with Crippen LogP contribution in [0.4, 0.5) is 0 Å². The molecule has 1 atom stereocenters. The number of hydrogen-bond donors (Lipinski definition) is 0. The Morgan fingerprint density at radius 2 is 2.00 bits per heavy atom. The lowest BCUT2D eigenvalue weighted by Crippen LogP contribution is -2.50. The summed E-state index contributed by atoms with van der Waals surface area (Å²) in [5.41, 5.74) is 2.18. The first kappa shape index (κ1) is 23.3. The predicted molar refractivity (Wildman–Crippen MR) is 136 cm³/mol. The third kappa shape index (κ3) is 4.10. The predicted octanol–water partition coefficient (Wildman–Crippen LogP) is 5.22. The Kier molecular flexibility index (Phi) is 6.05. The van der Waals surface area contributed by atoms with Crippen molar-refractivity contribution < 1.29 is 23.7 Å². The van der Waals surface area contributed by atoms with Crippen molar-refractivity contribution in [3.63, 3.8) is 0 Å². The van der Waals surface area contributed by atoms with Gasteiger partial charge in [0, 0.05) is 55.4 Å². The molecule has 188 valence electrons. The summed E-state index contributed by atoms with van der Waals surface area (Å²) in [6, 6.07) is 15.2. The molecule has 6 rings (SSSR count). The Bertz CT molecular complexity index is 1270. The highest BCUT2D eigenvalue weighted by atomic mass is 35.5. The van der Waals surface area contributed by atoms with Gasteiger partial charge in [-0.05, 0) is 55.3 Å². The molecular weight excluding hydrogens is 480 g/mol. The molecule has 36 heavy (non-hydrogen) atoms. The van der Waals surface area contributed by atoms with E-state index in [0.29, 0.717) is 54.6 Å². The number of fused-ring (bicyclic) bond motifs is 4. The van der Waals surface area contributed by atoms with Gasteiger partial charge >= 0.3 is 0 Å². The van der Waals surface area contributed by atoms with Crippen molar-refractivity contribution in [3.8, 4) is 22.9 Å². The van der Waals surface area contributed by atoms with E-state index in [-0.39, 0.29) is 12.0 Å². The number of rotatable bonds is 5. The lowest BCUT2D eigenvalue weighted by Gasteiger charge is -2.45. The summed E-state index contributed by atoms with van der Waals surface area (Å²) in [7, 11) is 1.59. The quantitative estimate of drug-likeness (QED) is 0.473. The van der Waals surface area contributed by atoms with Crippen molar-refractivity contribution in [2.45, 2.75) is 37.4 Å². The van der Waals surface area contributed by atoms with Crippen molar-refractivity contribution >= 4 is 17.5 Å². The van der Waals surface area contributed by atoms with E-state index in [1.54, 1.807) is 19.2 Å². The van der Waals surface area contributed by atoms with Crippen LogP contribution >= 0.6 is 11.6 Å². The molecule has 1 unspecified atom stereocenters. The zero-order chi connectivity index (χ0) is 24.7. The van der Waals surface area contributed by atoms with Gasteiger partial charge in [-0.2, -0.15) is 0 Å². The van der Waals surface area contributed by atoms with Crippen molar-refractivity contribution in [2.75, 3.05) is 33.4 Å². The van der Waals surface area contributed by atoms with Gasteiger partial charge in [0.15, 0.2) is 17.1 Å². The summed E-state index contributed by atoms with van der Waals surface area (Å²) in [6.45, 7) is 2.43. The average molecular weight is 509 g/mol. The fourth-order valence-corrected chi connectivity index (χ4v) is 5.65. The molecule has 3 aromatic rings. The van der Waals surface area contributed by atoms with Crippen LogP contribution in [0.15, 0.2) is 54.7 Å². The molecular formula is C28H29ClN2O5. The molecule has 7 nitrogen and oxygen atoms in total. The summed E-state index contributed by atoms with van der Waals surface area (Å²) in [4.78, 5) is 15.3. The van der Waals surface area contributed by atoms with E-state index in [1.165, 1.54) is 0 Å². The lowest BCUT2D eigenvalue weighted by atomic mass is 9.86. The van der Waals surface area contributed by atoms with Crippen LogP contribution in [0.1, 0.15) is 41.7 Å². The van der Waals surface area contributed by atoms with Crippen LogP contribution in [-0.2, 0) is 10.3 Å². The highest BCUT2D eigenvalue weighted by molar-refractivity contribution is 6.30. The number of carbonyl (C=O) groups excluding carboxylic acids is 1. The minimum absolute atomic E-state index is 0.0246. The van der Waals surface area contributed by atoms with E-state index in [1.807, 2.05) is 35.2 Å². The highest BCUT2D eigenvalue weighted by Gasteiger charge is 2.44. The van der Waals surface area contributed by atoms with Gasteiger partial charge in [0.05, 0.1) is 24.6 Å². The SMILES string of the molecule is COc1cc(C(=O)N2CCC3(CC2)Oc2cc(Cl)ccc2-n2cccc23)ccc1OCC1CCCO1. The lowest BCUT2D eigenvalue weighted by molar-refractivity contribution is -0.00931. The maximum Gasteiger partial charge on any atom is 0.253 e. The second-order valence-electron chi connectivity index (χ2n) is 9.58. The number of nitrogens with zero attached hydrogens (tertiary/aromatic N) is 2. The van der Waals surface area contributed by atoms with Crippen molar-refractivity contribution in [1.82, 2.24) is 9.47 Å². The molecule has 0 radical (unpaired) electrons. The number of amides is 1. The Hall–Kier alpha value is -3.16. The monoisotopic (exact) mass is 508 g/mol. The van der Waals surface area contributed by atoms with Gasteiger partial charge in [-0.25, -0.2) is 0 Å². The summed E-state index contributed by atoms with van der Waals surface area (Å²) >= 11 is 6.26. The van der Waals surface area contributed by atoms with Gasteiger partial charge < -0.3 is 28.4 Å². The van der Waals surface area contributed by atoms with Gasteiger partial charge in [-0.1, -0.05) is 11.6 Å². The Morgan fingerprint density at radius 1 is 1.14 bits per heavy atom. The van der Waals surface area contributed by atoms with E-state index in [2.05, 4.69) is 16.8 Å². The average Bonchev–Trinajstić information content (AvgIpc) is 3.60. The number of ether oxygens (including phenoxy) is 4. The molecule has 4 heterocycles. The molecule has 3 aliphatic heterocycles. The van der Waals surface area contributed by atoms with E-state index in [4.69, 9.17) is 30.5 Å². The van der Waals surface area contributed by atoms with Crippen LogP contribution in [0.25, 0.3) is 5.69 Å². The van der Waals surface area contributed by atoms with Crippen LogP contribution in [0.3, 0.4) is 0 Å². The number of benzene rings is 2. The van der Waals surface area contributed by atoms with Gasteiger partial charge in [-0.3, -0.25) is 4.79 Å². The van der Waals surface area contributed by atoms with Gasteiger partial charge in [0.25, 0.3) is 5.91 Å². The normalized spacial score (nSPS) is 19.9. The fraction of sp³-hybridized carbons (Fsp3) is 0.393. The smallest absolute Gasteiger partial charge is 0.253 e. The van der Waals surface area contributed by atoms with Crippen molar-refractivity contribution in [3.05, 3.63) is 71.0 Å². The number of likely N-dealkylation sites (tertiary alicyclic amines) is 1. The number of piperidine rings is 1. The summed E-state index contributed by atoms with van der Waals surface area (Å²) in [6.07, 6.45) is 5.61. The zero-order valence-electron chi connectivity index (χ0n) is 20.2. The van der Waals surface area contributed by atoms with E-state index < -0.39 is 5.60 Å². The van der Waals surface area contributed by atoms with E-state index in [0.717, 1.165) is 36.6 Å². The molecule has 0 N–H and O–H groups in total. The zero-order valence-corrected chi connectivity index (χ0v) is 21.0. The van der Waals surface area contributed by atoms with Gasteiger partial charge in [-0.15, -0.1) is 0 Å². The molecule has 2 fully saturated rings. The molecule has 2 saturated heterocycles. The molecule has 0 aliphatic carbocycles. The van der Waals surface area contributed by atoms with Crippen LogP contribution in [-0.4, -0.2) is 54.9 Å². The Labute approximate surface area is 215 Å². The first-order valence-electron chi connectivity index (χ1n) is 12.4. The molecule has 0 bridgehead atoms. The molecule has 2 aromatic carbocycles. The number of methoxy groups -OCH3 is 1. The van der Waals surface area contributed by atoms with Gasteiger partial charge in [0.1, 0.15) is 12.4 Å². The first-order valence-corrected chi connectivity index (χ1v) is 12.8. The number of carbonyl (C=O) groups is 1. The maximum atomic E-state index is 13.4. The minimum Gasteiger partial charge on any atom is -0.493 e. The van der Waals surface area contributed by atoms with Crippen molar-refractivity contribution in [2.24, 2.45) is 0 Å². The number of hydrogen-bond acceptors (Lipinski definition) is 5. The first-order chi connectivity index (χ1) is 17.6. The summed E-state index contributed by atoms with van der Waals surface area (Å²) < 4.78 is 25.9. The Morgan fingerprint density at radius 3 is 2.78 bits per heavy atom. The van der Waals surface area contributed by atoms with E-state index in [9.17, 15) is 4.79 Å². The summed E-state index contributed by atoms with van der Waals surface area (Å²) in [5, 5.41) is 0.643. The second kappa shape index (κ2) is 9.37. The van der Waals surface area contributed by atoms with Crippen LogP contribution in [0, 0.1) is 0 Å². The van der Waals surface area contributed by atoms with Crippen LogP contribution < -0.4 is 14.2 Å². The molecule has 1 amide bonds. The number of halogens is 1. The van der Waals surface area contributed by atoms with Crippen molar-refractivity contribution in [1.29, 1.82) is 0 Å². The third-order valence-corrected chi connectivity index (χ3v) is 7.66. The molecule has 8 heteroatoms. The summed E-state index contributed by atoms with van der Waals surface area (Å²) in [5.74, 6) is 1.92. The largest absolute Gasteiger partial charge is 0.493 e. The standard InChI is InChI=1S/C28H29ClN2O5/c1-33-25-16-19(6-9-23(25)35-18-21-4-3-15-34-21)27(32)30-13-10-28(11-14-30)26-5-2-12-31(26)22-8-7-20(29)17-24(22)36-28/h2,5-9,12,16-17,21H,3-4,10-11,13-15,18H2,1H3. The Balaban J connectivity index is 1.16. The molecule has 3 aliphatic rings. The molecule has 1 spiro atoms. The minimum atomic E-state index is -0.490. The maximum absolute atomic E-state index is 13.4. The fourth-order valence-electron chi connectivity index (χ4n) is 5.48. The second-order valence-corrected chi connectivity index (χ2v) is 10.0. The molecule has 1 aromatic heterocycles.